The van der Waals surface area contributed by atoms with E-state index in [2.05, 4.69) is 10.3 Å². The van der Waals surface area contributed by atoms with E-state index < -0.39 is 0 Å². The normalized spacial score (nSPS) is 14.1. The number of amides is 1. The van der Waals surface area contributed by atoms with Crippen LogP contribution in [0.3, 0.4) is 0 Å². The number of hydrogen-bond acceptors (Lipinski definition) is 2. The van der Waals surface area contributed by atoms with Crippen LogP contribution < -0.4 is 5.32 Å². The fourth-order valence-corrected chi connectivity index (χ4v) is 2.91. The van der Waals surface area contributed by atoms with Crippen molar-refractivity contribution < 1.29 is 9.18 Å². The van der Waals surface area contributed by atoms with Gasteiger partial charge < -0.3 is 9.88 Å². The van der Waals surface area contributed by atoms with Crippen LogP contribution in [-0.2, 0) is 11.3 Å². The average molecular weight is 323 g/mol. The van der Waals surface area contributed by atoms with E-state index in [-0.39, 0.29) is 11.7 Å². The summed E-state index contributed by atoms with van der Waals surface area (Å²) in [6.07, 6.45) is 3.93. The lowest BCUT2D eigenvalue weighted by Crippen LogP contribution is -2.29. The SMILES string of the molecule is Cc1cc2ncc(-c3ccc(F)cc3)cc2n1CC(=O)NC1CC1. The van der Waals surface area contributed by atoms with Gasteiger partial charge in [0.15, 0.2) is 0 Å². The van der Waals surface area contributed by atoms with E-state index in [1.54, 1.807) is 18.3 Å². The molecule has 1 aliphatic carbocycles. The molecule has 1 aliphatic rings. The summed E-state index contributed by atoms with van der Waals surface area (Å²) in [5.41, 5.74) is 4.58. The minimum Gasteiger partial charge on any atom is -0.352 e. The zero-order valence-corrected chi connectivity index (χ0v) is 13.4. The first-order valence-electron chi connectivity index (χ1n) is 8.11. The van der Waals surface area contributed by atoms with E-state index in [4.69, 9.17) is 0 Å². The fourth-order valence-electron chi connectivity index (χ4n) is 2.91. The van der Waals surface area contributed by atoms with Gasteiger partial charge in [-0.3, -0.25) is 9.78 Å². The van der Waals surface area contributed by atoms with Crippen LogP contribution in [0.25, 0.3) is 22.2 Å². The number of fused-ring (bicyclic) bond motifs is 1. The quantitative estimate of drug-likeness (QED) is 0.799. The van der Waals surface area contributed by atoms with Crippen molar-refractivity contribution in [1.29, 1.82) is 0 Å². The van der Waals surface area contributed by atoms with Crippen molar-refractivity contribution in [2.45, 2.75) is 32.4 Å². The van der Waals surface area contributed by atoms with Crippen LogP contribution >= 0.6 is 0 Å². The lowest BCUT2D eigenvalue weighted by atomic mass is 10.1. The highest BCUT2D eigenvalue weighted by atomic mass is 19.1. The summed E-state index contributed by atoms with van der Waals surface area (Å²) in [6, 6.07) is 10.7. The van der Waals surface area contributed by atoms with Gasteiger partial charge in [0, 0.05) is 23.5 Å². The Hall–Kier alpha value is -2.69. The molecule has 1 N–H and O–H groups in total. The third-order valence-corrected chi connectivity index (χ3v) is 4.38. The predicted octanol–water partition coefficient (Wildman–Crippen LogP) is 3.43. The molecule has 122 valence electrons. The monoisotopic (exact) mass is 323 g/mol. The Morgan fingerprint density at radius 1 is 1.25 bits per heavy atom. The highest BCUT2D eigenvalue weighted by Gasteiger charge is 2.23. The highest BCUT2D eigenvalue weighted by Crippen LogP contribution is 2.25. The summed E-state index contributed by atoms with van der Waals surface area (Å²) >= 11 is 0. The molecule has 1 aromatic carbocycles. The summed E-state index contributed by atoms with van der Waals surface area (Å²) in [6.45, 7) is 2.27. The number of aromatic nitrogens is 2. The van der Waals surface area contributed by atoms with Gasteiger partial charge >= 0.3 is 0 Å². The van der Waals surface area contributed by atoms with Crippen LogP contribution in [0.15, 0.2) is 42.6 Å². The summed E-state index contributed by atoms with van der Waals surface area (Å²) in [7, 11) is 0. The molecule has 0 aliphatic heterocycles. The molecule has 0 atom stereocenters. The molecule has 2 aromatic heterocycles. The molecule has 3 aromatic rings. The molecule has 0 spiro atoms. The average Bonchev–Trinajstić information content (AvgIpc) is 3.32. The van der Waals surface area contributed by atoms with Gasteiger partial charge in [0.2, 0.25) is 5.91 Å². The topological polar surface area (TPSA) is 46.9 Å². The number of benzene rings is 1. The number of nitrogens with zero attached hydrogens (tertiary/aromatic N) is 2. The first-order valence-corrected chi connectivity index (χ1v) is 8.11. The van der Waals surface area contributed by atoms with Gasteiger partial charge in [-0.2, -0.15) is 0 Å². The molecule has 2 heterocycles. The maximum absolute atomic E-state index is 13.1. The number of carbonyl (C=O) groups excluding carboxylic acids is 1. The van der Waals surface area contributed by atoms with Crippen LogP contribution in [0.5, 0.6) is 0 Å². The first kappa shape index (κ1) is 14.9. The van der Waals surface area contributed by atoms with Crippen molar-refractivity contribution >= 4 is 16.9 Å². The van der Waals surface area contributed by atoms with E-state index in [1.165, 1.54) is 12.1 Å². The minimum absolute atomic E-state index is 0.0327. The standard InChI is InChI=1S/C19H18FN3O/c1-12-8-17-18(23(12)11-19(24)22-16-6-7-16)9-14(10-21-17)13-2-4-15(20)5-3-13/h2-5,8-10,16H,6-7,11H2,1H3,(H,22,24). The van der Waals surface area contributed by atoms with Gasteiger partial charge in [-0.1, -0.05) is 12.1 Å². The molecule has 24 heavy (non-hydrogen) atoms. The summed E-state index contributed by atoms with van der Waals surface area (Å²) in [5.74, 6) is -0.228. The third kappa shape index (κ3) is 2.89. The Balaban J connectivity index is 1.70. The second kappa shape index (κ2) is 5.74. The van der Waals surface area contributed by atoms with Crippen LogP contribution in [0, 0.1) is 12.7 Å². The van der Waals surface area contributed by atoms with E-state index in [0.717, 1.165) is 40.7 Å². The highest BCUT2D eigenvalue weighted by molar-refractivity contribution is 5.85. The van der Waals surface area contributed by atoms with Crippen molar-refractivity contribution in [2.75, 3.05) is 0 Å². The van der Waals surface area contributed by atoms with Crippen LogP contribution in [-0.4, -0.2) is 21.5 Å². The summed E-state index contributed by atoms with van der Waals surface area (Å²) in [4.78, 5) is 16.7. The van der Waals surface area contributed by atoms with Gasteiger partial charge in [0.05, 0.1) is 11.0 Å². The molecule has 0 unspecified atom stereocenters. The molecule has 4 nitrogen and oxygen atoms in total. The maximum Gasteiger partial charge on any atom is 0.240 e. The van der Waals surface area contributed by atoms with Crippen LogP contribution in [0.2, 0.25) is 0 Å². The smallest absolute Gasteiger partial charge is 0.240 e. The number of hydrogen-bond donors (Lipinski definition) is 1. The van der Waals surface area contributed by atoms with Crippen LogP contribution in [0.1, 0.15) is 18.5 Å². The van der Waals surface area contributed by atoms with Crippen molar-refractivity contribution in [3.8, 4) is 11.1 Å². The number of nitrogens with one attached hydrogen (secondary N) is 1. The van der Waals surface area contributed by atoms with Gasteiger partial charge in [-0.15, -0.1) is 0 Å². The second-order valence-electron chi connectivity index (χ2n) is 6.35. The fraction of sp³-hybridized carbons (Fsp3) is 0.263. The summed E-state index contributed by atoms with van der Waals surface area (Å²) in [5, 5.41) is 3.01. The molecule has 1 saturated carbocycles. The lowest BCUT2D eigenvalue weighted by molar-refractivity contribution is -0.121. The number of pyridine rings is 1. The van der Waals surface area contributed by atoms with E-state index in [9.17, 15) is 9.18 Å². The van der Waals surface area contributed by atoms with E-state index in [0.29, 0.717) is 12.6 Å². The van der Waals surface area contributed by atoms with Crippen molar-refractivity contribution in [2.24, 2.45) is 0 Å². The molecular weight excluding hydrogens is 305 g/mol. The van der Waals surface area contributed by atoms with Gasteiger partial charge in [0.1, 0.15) is 12.4 Å². The number of rotatable bonds is 4. The Morgan fingerprint density at radius 2 is 2.00 bits per heavy atom. The zero-order chi connectivity index (χ0) is 16.7. The molecule has 1 fully saturated rings. The minimum atomic E-state index is -0.260. The molecule has 1 amide bonds. The van der Waals surface area contributed by atoms with Crippen molar-refractivity contribution in [3.05, 3.63) is 54.1 Å². The number of halogens is 1. The largest absolute Gasteiger partial charge is 0.352 e. The molecule has 0 saturated heterocycles. The Bertz CT molecular complexity index is 910. The molecule has 4 rings (SSSR count). The molecular formula is C19H18FN3O. The van der Waals surface area contributed by atoms with Crippen LogP contribution in [0.4, 0.5) is 4.39 Å². The van der Waals surface area contributed by atoms with Gasteiger partial charge in [-0.05, 0) is 49.6 Å². The zero-order valence-electron chi connectivity index (χ0n) is 13.4. The van der Waals surface area contributed by atoms with Crippen molar-refractivity contribution in [3.63, 3.8) is 0 Å². The second-order valence-corrected chi connectivity index (χ2v) is 6.35. The van der Waals surface area contributed by atoms with Crippen molar-refractivity contribution in [1.82, 2.24) is 14.9 Å². The Labute approximate surface area is 139 Å². The Morgan fingerprint density at radius 3 is 2.71 bits per heavy atom. The predicted molar refractivity (Wildman–Crippen MR) is 91.0 cm³/mol. The lowest BCUT2D eigenvalue weighted by Gasteiger charge is -2.09. The first-order chi connectivity index (χ1) is 11.6. The van der Waals surface area contributed by atoms with Gasteiger partial charge in [0.25, 0.3) is 0 Å². The molecule has 0 radical (unpaired) electrons. The van der Waals surface area contributed by atoms with E-state index >= 15 is 0 Å². The Kier molecular flexibility index (Phi) is 3.56. The third-order valence-electron chi connectivity index (χ3n) is 4.38. The van der Waals surface area contributed by atoms with E-state index in [1.807, 2.05) is 23.6 Å². The molecule has 0 bridgehead atoms. The summed E-state index contributed by atoms with van der Waals surface area (Å²) < 4.78 is 15.1. The maximum atomic E-state index is 13.1. The van der Waals surface area contributed by atoms with Gasteiger partial charge in [-0.25, -0.2) is 4.39 Å². The number of carbonyl (C=O) groups is 1. The molecule has 5 heteroatoms. The number of aryl methyl sites for hydroxylation is 1.